The Morgan fingerprint density at radius 2 is 2.07 bits per heavy atom. The monoisotopic (exact) mass is 210 g/mol. The van der Waals surface area contributed by atoms with E-state index in [0.29, 0.717) is 0 Å². The van der Waals surface area contributed by atoms with E-state index in [9.17, 15) is 0 Å². The fourth-order valence-electron chi connectivity index (χ4n) is 3.05. The minimum absolute atomic E-state index is 0.822. The van der Waals surface area contributed by atoms with E-state index >= 15 is 0 Å². The van der Waals surface area contributed by atoms with Gasteiger partial charge in [0.15, 0.2) is 0 Å². The van der Waals surface area contributed by atoms with Crippen LogP contribution in [0.25, 0.3) is 0 Å². The van der Waals surface area contributed by atoms with Gasteiger partial charge in [-0.15, -0.1) is 0 Å². The van der Waals surface area contributed by atoms with Crippen molar-refractivity contribution < 1.29 is 0 Å². The Labute approximate surface area is 94.4 Å². The van der Waals surface area contributed by atoms with Gasteiger partial charge in [-0.05, 0) is 57.5 Å². The molecule has 1 N–H and O–H groups in total. The van der Waals surface area contributed by atoms with E-state index < -0.39 is 0 Å². The maximum atomic E-state index is 3.52. The normalized spacial score (nSPS) is 39.2. The zero-order chi connectivity index (χ0) is 10.7. The summed E-state index contributed by atoms with van der Waals surface area (Å²) in [6.45, 7) is 9.95. The van der Waals surface area contributed by atoms with E-state index in [2.05, 4.69) is 24.1 Å². The van der Waals surface area contributed by atoms with Gasteiger partial charge >= 0.3 is 0 Å². The number of hydrogen-bond acceptors (Lipinski definition) is 2. The van der Waals surface area contributed by atoms with Gasteiger partial charge in [-0.1, -0.05) is 6.92 Å². The highest BCUT2D eigenvalue weighted by atomic mass is 15.2. The van der Waals surface area contributed by atoms with Crippen molar-refractivity contribution in [2.75, 3.05) is 26.2 Å². The number of hydrogen-bond donors (Lipinski definition) is 1. The summed E-state index contributed by atoms with van der Waals surface area (Å²) in [4.78, 5) is 2.73. The van der Waals surface area contributed by atoms with Gasteiger partial charge in [0.1, 0.15) is 0 Å². The molecular formula is C13H26N2. The summed E-state index contributed by atoms with van der Waals surface area (Å²) in [6, 6.07) is 0.822. The third kappa shape index (κ3) is 3.18. The van der Waals surface area contributed by atoms with Gasteiger partial charge in [0.2, 0.25) is 0 Å². The van der Waals surface area contributed by atoms with Crippen LogP contribution in [0.5, 0.6) is 0 Å². The lowest BCUT2D eigenvalue weighted by molar-refractivity contribution is 0.0985. The average Bonchev–Trinajstić information content (AvgIpc) is 2.25. The lowest BCUT2D eigenvalue weighted by Crippen LogP contribution is -2.46. The van der Waals surface area contributed by atoms with Crippen LogP contribution in [0.1, 0.15) is 39.5 Å². The molecule has 2 heteroatoms. The lowest BCUT2D eigenvalue weighted by Gasteiger charge is -2.39. The van der Waals surface area contributed by atoms with Gasteiger partial charge in [0.05, 0.1) is 0 Å². The highest BCUT2D eigenvalue weighted by Crippen LogP contribution is 2.23. The molecule has 2 saturated heterocycles. The van der Waals surface area contributed by atoms with Gasteiger partial charge < -0.3 is 10.2 Å². The zero-order valence-electron chi connectivity index (χ0n) is 10.3. The van der Waals surface area contributed by atoms with Crippen molar-refractivity contribution in [3.8, 4) is 0 Å². The Morgan fingerprint density at radius 1 is 1.20 bits per heavy atom. The molecule has 2 aliphatic rings. The molecule has 3 atom stereocenters. The van der Waals surface area contributed by atoms with E-state index in [-0.39, 0.29) is 0 Å². The molecule has 2 aliphatic heterocycles. The molecule has 2 rings (SSSR count). The maximum absolute atomic E-state index is 3.52. The minimum atomic E-state index is 0.822. The molecular weight excluding hydrogens is 184 g/mol. The van der Waals surface area contributed by atoms with Crippen LogP contribution < -0.4 is 5.32 Å². The molecule has 3 unspecified atom stereocenters. The highest BCUT2D eigenvalue weighted by molar-refractivity contribution is 4.80. The van der Waals surface area contributed by atoms with Crippen LogP contribution in [0.4, 0.5) is 0 Å². The first-order chi connectivity index (χ1) is 7.25. The van der Waals surface area contributed by atoms with Crippen LogP contribution in [0.3, 0.4) is 0 Å². The molecule has 0 aromatic carbocycles. The average molecular weight is 210 g/mol. The van der Waals surface area contributed by atoms with Gasteiger partial charge in [0, 0.05) is 19.1 Å². The van der Waals surface area contributed by atoms with Gasteiger partial charge in [-0.25, -0.2) is 0 Å². The Bertz CT molecular complexity index is 187. The quantitative estimate of drug-likeness (QED) is 0.751. The number of likely N-dealkylation sites (tertiary alicyclic amines) is 1. The van der Waals surface area contributed by atoms with Crippen molar-refractivity contribution in [2.45, 2.75) is 45.6 Å². The largest absolute Gasteiger partial charge is 0.316 e. The van der Waals surface area contributed by atoms with Crippen molar-refractivity contribution >= 4 is 0 Å². The molecule has 2 nitrogen and oxygen atoms in total. The summed E-state index contributed by atoms with van der Waals surface area (Å²) in [7, 11) is 0. The molecule has 15 heavy (non-hydrogen) atoms. The Morgan fingerprint density at radius 3 is 2.80 bits per heavy atom. The van der Waals surface area contributed by atoms with E-state index in [1.807, 2.05) is 0 Å². The topological polar surface area (TPSA) is 15.3 Å². The van der Waals surface area contributed by atoms with Crippen molar-refractivity contribution in [1.29, 1.82) is 0 Å². The molecule has 0 bridgehead atoms. The van der Waals surface area contributed by atoms with Crippen LogP contribution in [0, 0.1) is 11.8 Å². The minimum Gasteiger partial charge on any atom is -0.316 e. The summed E-state index contributed by atoms with van der Waals surface area (Å²) in [6.07, 6.45) is 5.65. The molecule has 88 valence electrons. The van der Waals surface area contributed by atoms with E-state index in [1.165, 1.54) is 51.9 Å². The standard InChI is InChI=1S/C13H26N2/c1-11-5-6-12(2)15(9-11)10-13-4-3-7-14-8-13/h11-14H,3-10H2,1-2H3. The molecule has 0 amide bonds. The zero-order valence-corrected chi connectivity index (χ0v) is 10.3. The maximum Gasteiger partial charge on any atom is 0.00672 e. The first-order valence-electron chi connectivity index (χ1n) is 6.70. The summed E-state index contributed by atoms with van der Waals surface area (Å²) >= 11 is 0. The predicted molar refractivity (Wildman–Crippen MR) is 65.0 cm³/mol. The first-order valence-corrected chi connectivity index (χ1v) is 6.70. The van der Waals surface area contributed by atoms with Gasteiger partial charge in [-0.3, -0.25) is 0 Å². The van der Waals surface area contributed by atoms with Crippen LogP contribution >= 0.6 is 0 Å². The number of rotatable bonds is 2. The van der Waals surface area contributed by atoms with E-state index in [4.69, 9.17) is 0 Å². The second-order valence-corrected chi connectivity index (χ2v) is 5.70. The van der Waals surface area contributed by atoms with Crippen molar-refractivity contribution in [3.05, 3.63) is 0 Å². The SMILES string of the molecule is CC1CCC(C)N(CC2CCCNC2)C1. The Hall–Kier alpha value is -0.0800. The summed E-state index contributed by atoms with van der Waals surface area (Å²) in [5.41, 5.74) is 0. The molecule has 0 radical (unpaired) electrons. The second kappa shape index (κ2) is 5.31. The molecule has 0 aliphatic carbocycles. The van der Waals surface area contributed by atoms with Crippen molar-refractivity contribution in [3.63, 3.8) is 0 Å². The molecule has 0 aromatic heterocycles. The van der Waals surface area contributed by atoms with Crippen LogP contribution in [0.15, 0.2) is 0 Å². The van der Waals surface area contributed by atoms with E-state index in [0.717, 1.165) is 17.9 Å². The number of nitrogens with zero attached hydrogens (tertiary/aromatic N) is 1. The highest BCUT2D eigenvalue weighted by Gasteiger charge is 2.25. The molecule has 2 fully saturated rings. The summed E-state index contributed by atoms with van der Waals surface area (Å²) in [5, 5.41) is 3.52. The second-order valence-electron chi connectivity index (χ2n) is 5.70. The third-order valence-electron chi connectivity index (χ3n) is 4.14. The van der Waals surface area contributed by atoms with E-state index in [1.54, 1.807) is 0 Å². The molecule has 2 heterocycles. The molecule has 0 spiro atoms. The van der Waals surface area contributed by atoms with Gasteiger partial charge in [0.25, 0.3) is 0 Å². The van der Waals surface area contributed by atoms with Gasteiger partial charge in [-0.2, -0.15) is 0 Å². The summed E-state index contributed by atoms with van der Waals surface area (Å²) < 4.78 is 0. The van der Waals surface area contributed by atoms with Crippen LogP contribution in [0.2, 0.25) is 0 Å². The summed E-state index contributed by atoms with van der Waals surface area (Å²) in [5.74, 6) is 1.82. The molecule has 0 saturated carbocycles. The number of piperidine rings is 2. The van der Waals surface area contributed by atoms with Crippen LogP contribution in [-0.2, 0) is 0 Å². The Balaban J connectivity index is 1.80. The van der Waals surface area contributed by atoms with Crippen molar-refractivity contribution in [1.82, 2.24) is 10.2 Å². The fraction of sp³-hybridized carbons (Fsp3) is 1.00. The number of nitrogens with one attached hydrogen (secondary N) is 1. The molecule has 0 aromatic rings. The lowest BCUT2D eigenvalue weighted by atomic mass is 9.92. The predicted octanol–water partition coefficient (Wildman–Crippen LogP) is 2.11. The van der Waals surface area contributed by atoms with Crippen molar-refractivity contribution in [2.24, 2.45) is 11.8 Å². The fourth-order valence-corrected chi connectivity index (χ4v) is 3.05. The Kier molecular flexibility index (Phi) is 4.04. The van der Waals surface area contributed by atoms with Crippen LogP contribution in [-0.4, -0.2) is 37.1 Å². The first kappa shape index (κ1) is 11.4. The smallest absolute Gasteiger partial charge is 0.00672 e. The third-order valence-corrected chi connectivity index (χ3v) is 4.14.